The fourth-order valence-corrected chi connectivity index (χ4v) is 11.7. The first-order valence-electron chi connectivity index (χ1n) is 35.3. The summed E-state index contributed by atoms with van der Waals surface area (Å²) in [5.41, 5.74) is 0. The van der Waals surface area contributed by atoms with E-state index in [9.17, 15) is 43.2 Å². The van der Waals surface area contributed by atoms with Crippen molar-refractivity contribution >= 4 is 39.5 Å². The number of rotatable bonds is 65. The Labute approximate surface area is 530 Å². The molecule has 0 fully saturated rings. The lowest BCUT2D eigenvalue weighted by Gasteiger charge is -2.21. The van der Waals surface area contributed by atoms with Gasteiger partial charge in [0.05, 0.1) is 26.4 Å². The lowest BCUT2D eigenvalue weighted by molar-refractivity contribution is -0.161. The summed E-state index contributed by atoms with van der Waals surface area (Å²) in [6, 6.07) is 0. The zero-order valence-corrected chi connectivity index (χ0v) is 58.4. The second kappa shape index (κ2) is 57.9. The molecular formula is C68H132O17P2. The molecule has 0 bridgehead atoms. The normalized spacial score (nSPS) is 15.0. The van der Waals surface area contributed by atoms with Crippen LogP contribution in [0.5, 0.6) is 0 Å². The molecule has 0 aromatic heterocycles. The third-order valence-electron chi connectivity index (χ3n) is 16.3. The fraction of sp³-hybridized carbons (Fsp3) is 0.941. The Kier molecular flexibility index (Phi) is 56.6. The van der Waals surface area contributed by atoms with Crippen LogP contribution in [-0.4, -0.2) is 96.7 Å². The highest BCUT2D eigenvalue weighted by Gasteiger charge is 2.30. The van der Waals surface area contributed by atoms with Crippen molar-refractivity contribution in [2.24, 2.45) is 23.7 Å². The van der Waals surface area contributed by atoms with Gasteiger partial charge in [0.25, 0.3) is 0 Å². The van der Waals surface area contributed by atoms with Gasteiger partial charge in [-0.15, -0.1) is 0 Å². The van der Waals surface area contributed by atoms with Gasteiger partial charge < -0.3 is 33.8 Å². The molecule has 3 N–H and O–H groups in total. The minimum atomic E-state index is -4.95. The molecule has 0 rings (SSSR count). The summed E-state index contributed by atoms with van der Waals surface area (Å²) >= 11 is 0. The molecule has 7 atom stereocenters. The Balaban J connectivity index is 5.26. The van der Waals surface area contributed by atoms with E-state index in [1.165, 1.54) is 128 Å². The molecule has 4 unspecified atom stereocenters. The third kappa shape index (κ3) is 60.1. The van der Waals surface area contributed by atoms with E-state index >= 15 is 0 Å². The first-order chi connectivity index (χ1) is 41.7. The summed E-state index contributed by atoms with van der Waals surface area (Å²) in [4.78, 5) is 72.4. The topological polar surface area (TPSA) is 237 Å². The molecule has 0 amide bonds. The van der Waals surface area contributed by atoms with Crippen LogP contribution >= 0.6 is 15.6 Å². The van der Waals surface area contributed by atoms with Gasteiger partial charge in [0.2, 0.25) is 0 Å². The maximum absolute atomic E-state index is 13.0. The van der Waals surface area contributed by atoms with E-state index in [0.29, 0.717) is 31.6 Å². The molecule has 0 saturated carbocycles. The number of carbonyl (C=O) groups is 4. The number of carbonyl (C=O) groups excluding carboxylic acids is 4. The Hall–Kier alpha value is -1.94. The molecule has 0 aliphatic heterocycles. The molecule has 0 saturated heterocycles. The van der Waals surface area contributed by atoms with Crippen molar-refractivity contribution in [1.82, 2.24) is 0 Å². The first-order valence-corrected chi connectivity index (χ1v) is 38.3. The van der Waals surface area contributed by atoms with Gasteiger partial charge in [-0.3, -0.25) is 37.3 Å². The molecule has 0 aromatic rings. The van der Waals surface area contributed by atoms with Gasteiger partial charge in [-0.2, -0.15) is 0 Å². The monoisotopic (exact) mass is 1280 g/mol. The summed E-state index contributed by atoms with van der Waals surface area (Å²) in [5.74, 6) is 0.853. The summed E-state index contributed by atoms with van der Waals surface area (Å²) in [6.45, 7) is 14.0. The molecular weight excluding hydrogens is 1150 g/mol. The van der Waals surface area contributed by atoms with Crippen molar-refractivity contribution in [3.8, 4) is 0 Å². The van der Waals surface area contributed by atoms with Crippen molar-refractivity contribution in [3.63, 3.8) is 0 Å². The van der Waals surface area contributed by atoms with Crippen molar-refractivity contribution in [2.75, 3.05) is 39.6 Å². The lowest BCUT2D eigenvalue weighted by Crippen LogP contribution is -2.30. The third-order valence-corrected chi connectivity index (χ3v) is 18.2. The van der Waals surface area contributed by atoms with Gasteiger partial charge in [-0.05, 0) is 49.4 Å². The Bertz CT molecular complexity index is 1730. The van der Waals surface area contributed by atoms with E-state index in [1.807, 2.05) is 0 Å². The summed E-state index contributed by atoms with van der Waals surface area (Å²) < 4.78 is 68.2. The number of phosphoric ester groups is 2. The van der Waals surface area contributed by atoms with E-state index in [-0.39, 0.29) is 25.7 Å². The van der Waals surface area contributed by atoms with E-state index in [2.05, 4.69) is 55.4 Å². The number of hydrogen-bond donors (Lipinski definition) is 3. The van der Waals surface area contributed by atoms with Crippen molar-refractivity contribution in [3.05, 3.63) is 0 Å². The predicted octanol–water partition coefficient (Wildman–Crippen LogP) is 18.9. The minimum absolute atomic E-state index is 0.102. The number of phosphoric acid groups is 2. The van der Waals surface area contributed by atoms with Crippen LogP contribution in [0.3, 0.4) is 0 Å². The molecule has 0 spiro atoms. The van der Waals surface area contributed by atoms with Crippen LogP contribution in [0.1, 0.15) is 331 Å². The van der Waals surface area contributed by atoms with Crippen LogP contribution in [0.2, 0.25) is 0 Å². The summed E-state index contributed by atoms with van der Waals surface area (Å²) in [5, 5.41) is 10.6. The van der Waals surface area contributed by atoms with E-state index in [4.69, 9.17) is 37.0 Å². The zero-order valence-electron chi connectivity index (χ0n) is 56.6. The van der Waals surface area contributed by atoms with Gasteiger partial charge >= 0.3 is 39.5 Å². The minimum Gasteiger partial charge on any atom is -0.462 e. The SMILES string of the molecule is CCC(C)CCCCCCCCCCCCC(=O)O[C@H](COC(=O)CCCCCCCCCCCCC(C)C)COP(=O)(O)OC[C@@H](O)COP(=O)(O)OC[C@@H](COC(=O)CCCCCCCCC(C)CC)OC(=O)CCCCCCCCCC(C)C. The average molecular weight is 1280 g/mol. The molecule has 19 heteroatoms. The number of aliphatic hydroxyl groups excluding tert-OH is 1. The Morgan fingerprint density at radius 1 is 0.322 bits per heavy atom. The molecule has 0 heterocycles. The van der Waals surface area contributed by atoms with Gasteiger partial charge in [0.15, 0.2) is 12.2 Å². The number of aliphatic hydroxyl groups is 1. The Morgan fingerprint density at radius 2 is 0.552 bits per heavy atom. The standard InChI is InChI=1S/C68H132O17P2/c1-9-60(7)46-38-30-22-16-12-14-18-24-34-42-50-67(72)84-63(54-78-65(70)48-40-32-23-17-13-11-15-20-28-36-44-58(3)4)56-82-86(74,75)80-52-62(69)53-81-87(76,77)83-57-64(85-68(73)51-43-35-25-19-21-29-37-45-59(5)6)55-79-66(71)49-41-33-27-26-31-39-47-61(8)10-2/h58-64,69H,9-57H2,1-8H3,(H,74,75)(H,76,77)/t60?,61?,62-,63-,64-/m1/s1. The van der Waals surface area contributed by atoms with Crippen LogP contribution in [0.25, 0.3) is 0 Å². The molecule has 17 nitrogen and oxygen atoms in total. The molecule has 0 aromatic carbocycles. The smallest absolute Gasteiger partial charge is 0.462 e. The summed E-state index contributed by atoms with van der Waals surface area (Å²) in [6.07, 6.45) is 39.0. The van der Waals surface area contributed by atoms with Crippen LogP contribution in [0.15, 0.2) is 0 Å². The number of ether oxygens (including phenoxy) is 4. The zero-order chi connectivity index (χ0) is 64.7. The second-order valence-electron chi connectivity index (χ2n) is 26.0. The number of unbranched alkanes of at least 4 members (excludes halogenated alkanes) is 29. The van der Waals surface area contributed by atoms with Crippen molar-refractivity contribution < 1.29 is 80.2 Å². The Morgan fingerprint density at radius 3 is 0.816 bits per heavy atom. The first kappa shape index (κ1) is 85.1. The highest BCUT2D eigenvalue weighted by atomic mass is 31.2. The molecule has 0 radical (unpaired) electrons. The van der Waals surface area contributed by atoms with Crippen molar-refractivity contribution in [1.29, 1.82) is 0 Å². The van der Waals surface area contributed by atoms with Gasteiger partial charge in [-0.1, -0.05) is 280 Å². The van der Waals surface area contributed by atoms with Crippen molar-refractivity contribution in [2.45, 2.75) is 350 Å². The second-order valence-corrected chi connectivity index (χ2v) is 28.9. The van der Waals surface area contributed by atoms with Crippen LogP contribution in [0, 0.1) is 23.7 Å². The summed E-state index contributed by atoms with van der Waals surface area (Å²) in [7, 11) is -9.90. The number of esters is 4. The highest BCUT2D eigenvalue weighted by molar-refractivity contribution is 7.47. The van der Waals surface area contributed by atoms with Gasteiger partial charge in [0, 0.05) is 25.7 Å². The quantitative estimate of drug-likeness (QED) is 0.0222. The lowest BCUT2D eigenvalue weighted by atomic mass is 9.99. The average Bonchev–Trinajstić information content (AvgIpc) is 3.49. The highest BCUT2D eigenvalue weighted by Crippen LogP contribution is 2.45. The van der Waals surface area contributed by atoms with E-state index in [1.54, 1.807) is 0 Å². The fourth-order valence-electron chi connectivity index (χ4n) is 10.1. The van der Waals surface area contributed by atoms with E-state index in [0.717, 1.165) is 114 Å². The van der Waals surface area contributed by atoms with Crippen LogP contribution in [0.4, 0.5) is 0 Å². The maximum atomic E-state index is 13.0. The molecule has 0 aliphatic carbocycles. The van der Waals surface area contributed by atoms with Crippen LogP contribution < -0.4 is 0 Å². The molecule has 516 valence electrons. The van der Waals surface area contributed by atoms with Crippen LogP contribution in [-0.2, 0) is 65.4 Å². The number of hydrogen-bond acceptors (Lipinski definition) is 15. The predicted molar refractivity (Wildman–Crippen MR) is 349 cm³/mol. The molecule has 87 heavy (non-hydrogen) atoms. The van der Waals surface area contributed by atoms with Gasteiger partial charge in [0.1, 0.15) is 19.3 Å². The molecule has 0 aliphatic rings. The maximum Gasteiger partial charge on any atom is 0.472 e. The van der Waals surface area contributed by atoms with E-state index < -0.39 is 97.5 Å². The van der Waals surface area contributed by atoms with Gasteiger partial charge in [-0.25, -0.2) is 9.13 Å². The largest absolute Gasteiger partial charge is 0.472 e.